The predicted molar refractivity (Wildman–Crippen MR) is 79.4 cm³/mol. The number of amides is 1. The molecule has 122 valence electrons. The maximum Gasteiger partial charge on any atom is 0.416 e. The highest BCUT2D eigenvalue weighted by Crippen LogP contribution is 2.28. The summed E-state index contributed by atoms with van der Waals surface area (Å²) >= 11 is 0. The van der Waals surface area contributed by atoms with Crippen LogP contribution in [0.1, 0.15) is 16.7 Å². The lowest BCUT2D eigenvalue weighted by Crippen LogP contribution is -2.27. The van der Waals surface area contributed by atoms with E-state index in [-0.39, 0.29) is 19.1 Å². The van der Waals surface area contributed by atoms with Crippen LogP contribution in [0.3, 0.4) is 0 Å². The summed E-state index contributed by atoms with van der Waals surface area (Å²) < 4.78 is 42.6. The third-order valence-electron chi connectivity index (χ3n) is 3.12. The Morgan fingerprint density at radius 3 is 2.22 bits per heavy atom. The molecular formula is C17H16F3NO2. The zero-order valence-corrected chi connectivity index (χ0v) is 12.3. The Kier molecular flexibility index (Phi) is 5.76. The third-order valence-corrected chi connectivity index (χ3v) is 3.12. The Morgan fingerprint density at radius 2 is 1.61 bits per heavy atom. The molecule has 0 aliphatic rings. The normalized spacial score (nSPS) is 11.3. The highest BCUT2D eigenvalue weighted by molar-refractivity contribution is 5.77. The van der Waals surface area contributed by atoms with Crippen molar-refractivity contribution in [2.24, 2.45) is 0 Å². The zero-order chi connectivity index (χ0) is 16.7. The molecule has 0 saturated heterocycles. The largest absolute Gasteiger partial charge is 0.416 e. The standard InChI is InChI=1S/C17H16F3NO2/c18-17(19,20)15-8-6-13(7-9-15)10-21-16(22)12-23-11-14-4-2-1-3-5-14/h1-9H,10-12H2,(H,21,22). The van der Waals surface area contributed by atoms with Crippen LogP contribution in [0.2, 0.25) is 0 Å². The molecule has 0 saturated carbocycles. The number of carbonyl (C=O) groups is 1. The van der Waals surface area contributed by atoms with Crippen molar-refractivity contribution in [1.82, 2.24) is 5.32 Å². The molecule has 0 spiro atoms. The number of alkyl halides is 3. The van der Waals surface area contributed by atoms with Crippen molar-refractivity contribution in [2.45, 2.75) is 19.3 Å². The topological polar surface area (TPSA) is 38.3 Å². The summed E-state index contributed by atoms with van der Waals surface area (Å²) in [7, 11) is 0. The fraction of sp³-hybridized carbons (Fsp3) is 0.235. The molecule has 2 aromatic rings. The molecule has 3 nitrogen and oxygen atoms in total. The van der Waals surface area contributed by atoms with Crippen molar-refractivity contribution in [2.75, 3.05) is 6.61 Å². The Labute approximate surface area is 132 Å². The Morgan fingerprint density at radius 1 is 0.957 bits per heavy atom. The van der Waals surface area contributed by atoms with Crippen molar-refractivity contribution < 1.29 is 22.7 Å². The first-order valence-electron chi connectivity index (χ1n) is 6.99. The van der Waals surface area contributed by atoms with Gasteiger partial charge in [-0.25, -0.2) is 0 Å². The summed E-state index contributed by atoms with van der Waals surface area (Å²) in [5.41, 5.74) is 0.844. The van der Waals surface area contributed by atoms with Gasteiger partial charge in [0.05, 0.1) is 12.2 Å². The van der Waals surface area contributed by atoms with Gasteiger partial charge in [-0.05, 0) is 23.3 Å². The maximum atomic E-state index is 12.4. The number of nitrogens with one attached hydrogen (secondary N) is 1. The van der Waals surface area contributed by atoms with Gasteiger partial charge < -0.3 is 10.1 Å². The third kappa shape index (κ3) is 5.75. The second kappa shape index (κ2) is 7.78. The highest BCUT2D eigenvalue weighted by atomic mass is 19.4. The quantitative estimate of drug-likeness (QED) is 0.883. The minimum absolute atomic E-state index is 0.102. The van der Waals surface area contributed by atoms with Crippen LogP contribution < -0.4 is 5.32 Å². The number of hydrogen-bond donors (Lipinski definition) is 1. The first-order valence-corrected chi connectivity index (χ1v) is 6.99. The van der Waals surface area contributed by atoms with E-state index in [4.69, 9.17) is 4.74 Å². The molecule has 0 unspecified atom stereocenters. The zero-order valence-electron chi connectivity index (χ0n) is 12.3. The van der Waals surface area contributed by atoms with Crippen LogP contribution >= 0.6 is 0 Å². The van der Waals surface area contributed by atoms with E-state index in [0.29, 0.717) is 12.2 Å². The highest BCUT2D eigenvalue weighted by Gasteiger charge is 2.29. The fourth-order valence-corrected chi connectivity index (χ4v) is 1.90. The minimum atomic E-state index is -4.35. The van der Waals surface area contributed by atoms with E-state index in [1.165, 1.54) is 12.1 Å². The van der Waals surface area contributed by atoms with Crippen LogP contribution in [0.5, 0.6) is 0 Å². The smallest absolute Gasteiger partial charge is 0.367 e. The number of ether oxygens (including phenoxy) is 1. The Hall–Kier alpha value is -2.34. The summed E-state index contributed by atoms with van der Waals surface area (Å²) in [6, 6.07) is 14.1. The van der Waals surface area contributed by atoms with Gasteiger partial charge in [-0.2, -0.15) is 13.2 Å². The van der Waals surface area contributed by atoms with Crippen molar-refractivity contribution >= 4 is 5.91 Å². The lowest BCUT2D eigenvalue weighted by molar-refractivity contribution is -0.137. The van der Waals surface area contributed by atoms with Gasteiger partial charge in [0.1, 0.15) is 6.61 Å². The van der Waals surface area contributed by atoms with Crippen LogP contribution in [0, 0.1) is 0 Å². The van der Waals surface area contributed by atoms with Crippen molar-refractivity contribution in [3.63, 3.8) is 0 Å². The number of carbonyl (C=O) groups excluding carboxylic acids is 1. The molecule has 6 heteroatoms. The van der Waals surface area contributed by atoms with Gasteiger partial charge in [-0.3, -0.25) is 4.79 Å². The Balaban J connectivity index is 1.72. The lowest BCUT2D eigenvalue weighted by atomic mass is 10.1. The molecular weight excluding hydrogens is 307 g/mol. The van der Waals surface area contributed by atoms with Gasteiger partial charge in [-0.1, -0.05) is 42.5 Å². The van der Waals surface area contributed by atoms with Gasteiger partial charge in [0.2, 0.25) is 5.91 Å². The van der Waals surface area contributed by atoms with Crippen LogP contribution in [-0.2, 0) is 28.9 Å². The van der Waals surface area contributed by atoms with E-state index in [1.807, 2.05) is 30.3 Å². The molecule has 0 fully saturated rings. The SMILES string of the molecule is O=C(COCc1ccccc1)NCc1ccc(C(F)(F)F)cc1. The molecule has 0 aromatic heterocycles. The molecule has 0 aliphatic carbocycles. The lowest BCUT2D eigenvalue weighted by Gasteiger charge is -2.09. The number of rotatable bonds is 6. The van der Waals surface area contributed by atoms with Crippen LogP contribution in [-0.4, -0.2) is 12.5 Å². The number of hydrogen-bond acceptors (Lipinski definition) is 2. The second-order valence-corrected chi connectivity index (χ2v) is 4.95. The molecule has 0 bridgehead atoms. The van der Waals surface area contributed by atoms with Gasteiger partial charge >= 0.3 is 6.18 Å². The molecule has 2 rings (SSSR count). The first-order chi connectivity index (χ1) is 10.9. The van der Waals surface area contributed by atoms with E-state index < -0.39 is 11.7 Å². The number of benzene rings is 2. The van der Waals surface area contributed by atoms with E-state index in [2.05, 4.69) is 5.32 Å². The van der Waals surface area contributed by atoms with Crippen molar-refractivity contribution in [3.8, 4) is 0 Å². The Bertz CT molecular complexity index is 625. The van der Waals surface area contributed by atoms with E-state index >= 15 is 0 Å². The van der Waals surface area contributed by atoms with Gasteiger partial charge in [0, 0.05) is 6.54 Å². The molecule has 0 radical (unpaired) electrons. The summed E-state index contributed by atoms with van der Waals surface area (Å²) in [5, 5.41) is 2.60. The molecule has 0 aliphatic heterocycles. The molecule has 23 heavy (non-hydrogen) atoms. The van der Waals surface area contributed by atoms with Gasteiger partial charge in [0.25, 0.3) is 0 Å². The van der Waals surface area contributed by atoms with Gasteiger partial charge in [0.15, 0.2) is 0 Å². The first kappa shape index (κ1) is 17.0. The fourth-order valence-electron chi connectivity index (χ4n) is 1.90. The summed E-state index contributed by atoms with van der Waals surface area (Å²) in [5.74, 6) is -0.319. The van der Waals surface area contributed by atoms with E-state index in [1.54, 1.807) is 0 Å². The molecule has 1 N–H and O–H groups in total. The van der Waals surface area contributed by atoms with Crippen molar-refractivity contribution in [3.05, 3.63) is 71.3 Å². The van der Waals surface area contributed by atoms with E-state index in [0.717, 1.165) is 17.7 Å². The van der Waals surface area contributed by atoms with Crippen LogP contribution in [0.25, 0.3) is 0 Å². The average molecular weight is 323 g/mol. The average Bonchev–Trinajstić information content (AvgIpc) is 2.53. The molecule has 1 amide bonds. The molecule has 2 aromatic carbocycles. The van der Waals surface area contributed by atoms with Crippen molar-refractivity contribution in [1.29, 1.82) is 0 Å². The molecule has 0 atom stereocenters. The molecule has 0 heterocycles. The van der Waals surface area contributed by atoms with Crippen LogP contribution in [0.4, 0.5) is 13.2 Å². The second-order valence-electron chi connectivity index (χ2n) is 4.95. The summed E-state index contributed by atoms with van der Waals surface area (Å²) in [6.45, 7) is 0.385. The monoisotopic (exact) mass is 323 g/mol. The van der Waals surface area contributed by atoms with E-state index in [9.17, 15) is 18.0 Å². The number of halogens is 3. The maximum absolute atomic E-state index is 12.4. The van der Waals surface area contributed by atoms with Gasteiger partial charge in [-0.15, -0.1) is 0 Å². The summed E-state index contributed by atoms with van der Waals surface area (Å²) in [4.78, 5) is 11.6. The minimum Gasteiger partial charge on any atom is -0.367 e. The summed E-state index contributed by atoms with van der Waals surface area (Å²) in [6.07, 6.45) is -4.35. The van der Waals surface area contributed by atoms with Crippen LogP contribution in [0.15, 0.2) is 54.6 Å². The predicted octanol–water partition coefficient (Wildman–Crippen LogP) is 3.54.